The first-order valence-corrected chi connectivity index (χ1v) is 19.4. The molecule has 0 saturated heterocycles. The summed E-state index contributed by atoms with van der Waals surface area (Å²) in [4.78, 5) is 58.1. The Hall–Kier alpha value is -7.15. The second-order valence-corrected chi connectivity index (χ2v) is 13.7. The van der Waals surface area contributed by atoms with Crippen LogP contribution in [0.3, 0.4) is 0 Å². The lowest BCUT2D eigenvalue weighted by Gasteiger charge is -2.13. The number of hydrogen-bond acceptors (Lipinski definition) is 13. The van der Waals surface area contributed by atoms with Gasteiger partial charge in [-0.2, -0.15) is 5.10 Å². The number of oxazole rings is 1. The summed E-state index contributed by atoms with van der Waals surface area (Å²) in [7, 11) is 3.45. The number of imidazole rings is 1. The van der Waals surface area contributed by atoms with Gasteiger partial charge in [-0.25, -0.2) is 29.6 Å². The lowest BCUT2D eigenvalue weighted by atomic mass is 10.1. The van der Waals surface area contributed by atoms with Crippen molar-refractivity contribution in [2.45, 2.75) is 67.1 Å². The number of aryl methyl sites for hydroxylation is 5. The smallest absolute Gasteiger partial charge is 0.295 e. The molecule has 0 fully saturated rings. The highest BCUT2D eigenvalue weighted by Crippen LogP contribution is 2.36. The van der Waals surface area contributed by atoms with E-state index in [0.29, 0.717) is 112 Å². The van der Waals surface area contributed by atoms with Gasteiger partial charge in [0.1, 0.15) is 28.5 Å². The van der Waals surface area contributed by atoms with Crippen LogP contribution in [0, 0.1) is 20.8 Å². The number of benzene rings is 2. The zero-order valence-electron chi connectivity index (χ0n) is 34.7. The van der Waals surface area contributed by atoms with Crippen molar-refractivity contribution in [1.82, 2.24) is 49.2 Å². The molecule has 314 valence electrons. The van der Waals surface area contributed by atoms with E-state index in [1.807, 2.05) is 68.2 Å². The van der Waals surface area contributed by atoms with Gasteiger partial charge in [0.25, 0.3) is 5.91 Å². The van der Waals surface area contributed by atoms with Crippen molar-refractivity contribution in [3.8, 4) is 23.1 Å². The molecule has 7 aromatic rings. The number of carbonyl (C=O) groups excluding carboxylic acids is 3. The molecule has 0 aliphatic carbocycles. The van der Waals surface area contributed by atoms with E-state index in [0.717, 1.165) is 24.0 Å². The number of nitrogens with one attached hydrogen (secondary N) is 2. The number of hydrogen-bond donors (Lipinski definition) is 4. The van der Waals surface area contributed by atoms with E-state index in [-0.39, 0.29) is 12.2 Å². The summed E-state index contributed by atoms with van der Waals surface area (Å²) in [5, 5.41) is 12.0. The molecule has 19 heteroatoms. The number of anilines is 1. The Bertz CT molecular complexity index is 2720. The lowest BCUT2D eigenvalue weighted by molar-refractivity contribution is -0.106. The highest BCUT2D eigenvalue weighted by molar-refractivity contribution is 6.11. The van der Waals surface area contributed by atoms with Crippen LogP contribution >= 0.6 is 0 Å². The van der Waals surface area contributed by atoms with Crippen molar-refractivity contribution in [2.24, 2.45) is 11.5 Å². The summed E-state index contributed by atoms with van der Waals surface area (Å²) >= 11 is 0. The summed E-state index contributed by atoms with van der Waals surface area (Å²) in [6, 6.07) is 7.30. The Morgan fingerprint density at radius 1 is 0.950 bits per heavy atom. The number of aromatic nitrogens is 9. The van der Waals surface area contributed by atoms with Crippen LogP contribution in [0.2, 0.25) is 0 Å². The third kappa shape index (κ3) is 8.65. The molecule has 2 aromatic carbocycles. The fourth-order valence-electron chi connectivity index (χ4n) is 6.97. The second-order valence-electron chi connectivity index (χ2n) is 13.7. The van der Waals surface area contributed by atoms with Gasteiger partial charge in [0.15, 0.2) is 17.5 Å². The number of ether oxygens (including phenoxy) is 2. The van der Waals surface area contributed by atoms with Gasteiger partial charge in [-0.1, -0.05) is 19.1 Å². The van der Waals surface area contributed by atoms with Crippen molar-refractivity contribution in [1.29, 1.82) is 0 Å². The van der Waals surface area contributed by atoms with Crippen molar-refractivity contribution in [3.05, 3.63) is 76.9 Å². The molecule has 5 aromatic heterocycles. The predicted molar refractivity (Wildman–Crippen MR) is 226 cm³/mol. The number of primary amides is 2. The first kappa shape index (κ1) is 42.5. The van der Waals surface area contributed by atoms with E-state index in [4.69, 9.17) is 34.4 Å². The van der Waals surface area contributed by atoms with Gasteiger partial charge < -0.3 is 39.8 Å². The topological polar surface area (TPSA) is 251 Å². The van der Waals surface area contributed by atoms with E-state index in [1.165, 1.54) is 0 Å². The fraction of sp³-hybridized carbons (Fsp3) is 0.341. The van der Waals surface area contributed by atoms with Crippen LogP contribution in [0.25, 0.3) is 44.6 Å². The summed E-state index contributed by atoms with van der Waals surface area (Å²) < 4.78 is 23.5. The SMILES string of the molecule is CCc1nc(C)oc1C(=O)Nc1nc2cc(C)cc(OCCCNC)c2n1C/C=C/Cn1c2nc(-c3nc(C)nn3CC)ncc2c2cc(C(N)=O)cc(OC)c21.NC=O. The third-order valence-corrected chi connectivity index (χ3v) is 9.53. The zero-order chi connectivity index (χ0) is 43.1. The molecule has 5 heterocycles. The largest absolute Gasteiger partial charge is 0.495 e. The summed E-state index contributed by atoms with van der Waals surface area (Å²) in [6.45, 7) is 12.0. The van der Waals surface area contributed by atoms with Gasteiger partial charge >= 0.3 is 0 Å². The Kier molecular flexibility index (Phi) is 13.2. The van der Waals surface area contributed by atoms with Crippen LogP contribution in [0.4, 0.5) is 5.95 Å². The highest BCUT2D eigenvalue weighted by Gasteiger charge is 2.24. The molecule has 60 heavy (non-hydrogen) atoms. The molecular formula is C41H49N13O6. The van der Waals surface area contributed by atoms with Crippen LogP contribution in [0.15, 0.2) is 47.0 Å². The van der Waals surface area contributed by atoms with Gasteiger partial charge in [0, 0.05) is 49.1 Å². The summed E-state index contributed by atoms with van der Waals surface area (Å²) in [6.07, 6.45) is 7.29. The quantitative estimate of drug-likeness (QED) is 0.0601. The van der Waals surface area contributed by atoms with E-state index >= 15 is 0 Å². The van der Waals surface area contributed by atoms with Gasteiger partial charge in [0.2, 0.25) is 24.0 Å². The fourth-order valence-corrected chi connectivity index (χ4v) is 6.97. The molecule has 0 bridgehead atoms. The number of fused-ring (bicyclic) bond motifs is 4. The average molecular weight is 820 g/mol. The molecule has 0 aliphatic heterocycles. The van der Waals surface area contributed by atoms with Gasteiger partial charge in [-0.05, 0) is 77.0 Å². The average Bonchev–Trinajstić information content (AvgIpc) is 3.98. The van der Waals surface area contributed by atoms with E-state index in [2.05, 4.69) is 36.4 Å². The number of allylic oxidation sites excluding steroid dienone is 2. The maximum Gasteiger partial charge on any atom is 0.295 e. The van der Waals surface area contributed by atoms with Gasteiger partial charge in [-0.15, -0.1) is 0 Å². The third-order valence-electron chi connectivity index (χ3n) is 9.53. The number of rotatable bonds is 16. The molecule has 0 saturated carbocycles. The zero-order valence-corrected chi connectivity index (χ0v) is 34.7. The first-order valence-electron chi connectivity index (χ1n) is 19.4. The Morgan fingerprint density at radius 2 is 1.70 bits per heavy atom. The molecule has 19 nitrogen and oxygen atoms in total. The molecule has 0 spiro atoms. The minimum absolute atomic E-state index is 0.150. The molecule has 0 aliphatic rings. The molecule has 0 unspecified atom stereocenters. The Labute approximate surface area is 345 Å². The van der Waals surface area contributed by atoms with Crippen molar-refractivity contribution >= 4 is 57.1 Å². The minimum atomic E-state index is -0.583. The minimum Gasteiger partial charge on any atom is -0.495 e. The number of amides is 3. The highest BCUT2D eigenvalue weighted by atomic mass is 16.5. The van der Waals surface area contributed by atoms with Crippen molar-refractivity contribution in [3.63, 3.8) is 0 Å². The van der Waals surface area contributed by atoms with Crippen molar-refractivity contribution < 1.29 is 28.3 Å². The van der Waals surface area contributed by atoms with E-state index < -0.39 is 11.8 Å². The maximum atomic E-state index is 13.6. The predicted octanol–water partition coefficient (Wildman–Crippen LogP) is 4.39. The number of nitrogens with two attached hydrogens (primary N) is 2. The number of carbonyl (C=O) groups is 3. The number of methoxy groups -OCH3 is 1. The first-order chi connectivity index (χ1) is 29.0. The molecule has 6 N–H and O–H groups in total. The monoisotopic (exact) mass is 819 g/mol. The molecule has 7 rings (SSSR count). The molecule has 3 amide bonds. The van der Waals surface area contributed by atoms with Crippen LogP contribution < -0.4 is 31.6 Å². The lowest BCUT2D eigenvalue weighted by Crippen LogP contribution is -2.17. The van der Waals surface area contributed by atoms with Crippen LogP contribution in [0.1, 0.15) is 64.2 Å². The Morgan fingerprint density at radius 3 is 2.38 bits per heavy atom. The van der Waals surface area contributed by atoms with E-state index in [1.54, 1.807) is 37.0 Å². The van der Waals surface area contributed by atoms with E-state index in [9.17, 15) is 9.59 Å². The van der Waals surface area contributed by atoms with Crippen LogP contribution in [-0.4, -0.2) is 89.4 Å². The van der Waals surface area contributed by atoms with Gasteiger partial charge in [0.05, 0.1) is 30.4 Å². The standard InChI is InChI=1S/C40H46N12O5.CH3NO/c1-8-28-34(57-24(5)45-28)39(54)48-40-46-29-17-22(3)18-31(56-16-12-13-42-6)33(29)51(40)15-11-10-14-50-32-26(19-25(35(41)53)20-30(32)55-7)27-21-43-36(47-37(27)50)38-44-23(4)49-52(38)9-2;2-1-3/h10-11,17-21,42H,8-9,12-16H2,1-7H3,(H2,41,53)(H,46,48,54);1H,(H2,2,3)/b11-10+;. The maximum absolute atomic E-state index is 13.6. The summed E-state index contributed by atoms with van der Waals surface area (Å²) in [5.74, 6) is 2.53. The Balaban J connectivity index is 0.00000195. The van der Waals surface area contributed by atoms with Crippen LogP contribution in [0.5, 0.6) is 11.5 Å². The molecular weight excluding hydrogens is 771 g/mol. The molecule has 0 atom stereocenters. The second kappa shape index (κ2) is 18.6. The molecule has 0 radical (unpaired) electrons. The van der Waals surface area contributed by atoms with Crippen LogP contribution in [-0.2, 0) is 30.8 Å². The number of nitrogens with zero attached hydrogens (tertiary/aromatic N) is 9. The normalized spacial score (nSPS) is 11.4. The van der Waals surface area contributed by atoms with Crippen molar-refractivity contribution in [2.75, 3.05) is 32.6 Å². The van der Waals surface area contributed by atoms with Gasteiger partial charge in [-0.3, -0.25) is 19.7 Å². The summed E-state index contributed by atoms with van der Waals surface area (Å²) in [5.41, 5.74) is 14.5.